The van der Waals surface area contributed by atoms with Crippen molar-refractivity contribution in [2.75, 3.05) is 40.0 Å². The maximum atomic E-state index is 12.4. The number of amides is 1. The van der Waals surface area contributed by atoms with Crippen LogP contribution in [-0.2, 0) is 19.1 Å². The van der Waals surface area contributed by atoms with E-state index in [2.05, 4.69) is 0 Å². The maximum Gasteiger partial charge on any atom is 0.323 e. The summed E-state index contributed by atoms with van der Waals surface area (Å²) in [6.45, 7) is 1.87. The van der Waals surface area contributed by atoms with Crippen LogP contribution < -0.4 is 0 Å². The molecule has 2 rings (SSSR count). The van der Waals surface area contributed by atoms with Gasteiger partial charge in [-0.1, -0.05) is 0 Å². The number of methoxy groups -OCH3 is 1. The van der Waals surface area contributed by atoms with Crippen molar-refractivity contribution in [2.24, 2.45) is 11.3 Å². The number of rotatable bonds is 6. The molecule has 1 aliphatic heterocycles. The quantitative estimate of drug-likeness (QED) is 0.755. The van der Waals surface area contributed by atoms with E-state index in [1.807, 2.05) is 0 Å². The molecule has 19 heavy (non-hydrogen) atoms. The molecule has 6 nitrogen and oxygen atoms in total. The van der Waals surface area contributed by atoms with E-state index in [9.17, 15) is 9.59 Å². The van der Waals surface area contributed by atoms with Crippen molar-refractivity contribution in [1.82, 2.24) is 4.90 Å². The van der Waals surface area contributed by atoms with Crippen molar-refractivity contribution in [2.45, 2.75) is 19.3 Å². The summed E-state index contributed by atoms with van der Waals surface area (Å²) in [4.78, 5) is 24.6. The van der Waals surface area contributed by atoms with Gasteiger partial charge >= 0.3 is 5.97 Å². The van der Waals surface area contributed by atoms with Crippen LogP contribution in [0.5, 0.6) is 0 Å². The molecule has 1 amide bonds. The molecule has 1 saturated carbocycles. The average molecular weight is 271 g/mol. The highest BCUT2D eigenvalue weighted by atomic mass is 16.5. The van der Waals surface area contributed by atoms with E-state index >= 15 is 0 Å². The predicted octanol–water partition coefficient (Wildman–Crippen LogP) is 0.363. The number of ether oxygens (including phenoxy) is 2. The van der Waals surface area contributed by atoms with E-state index in [1.165, 1.54) is 4.90 Å². The molecule has 1 saturated heterocycles. The summed E-state index contributed by atoms with van der Waals surface area (Å²) in [5.74, 6) is -1.04. The van der Waals surface area contributed by atoms with Crippen LogP contribution in [0.3, 0.4) is 0 Å². The lowest BCUT2D eigenvalue weighted by Crippen LogP contribution is -2.40. The summed E-state index contributed by atoms with van der Waals surface area (Å²) in [6.07, 6.45) is 2.70. The molecular weight excluding hydrogens is 250 g/mol. The van der Waals surface area contributed by atoms with Gasteiger partial charge in [-0.05, 0) is 24.7 Å². The number of carboxylic acid groups (broad SMARTS) is 1. The van der Waals surface area contributed by atoms with E-state index in [4.69, 9.17) is 14.6 Å². The molecule has 1 aliphatic carbocycles. The van der Waals surface area contributed by atoms with E-state index in [1.54, 1.807) is 7.11 Å². The molecule has 0 aromatic carbocycles. The molecule has 6 heteroatoms. The highest BCUT2D eigenvalue weighted by Gasteiger charge is 2.58. The van der Waals surface area contributed by atoms with Gasteiger partial charge in [0.25, 0.3) is 0 Å². The lowest BCUT2D eigenvalue weighted by Gasteiger charge is -2.25. The molecule has 1 spiro atoms. The Morgan fingerprint density at radius 1 is 1.42 bits per heavy atom. The average Bonchev–Trinajstić information content (AvgIpc) is 3.07. The minimum Gasteiger partial charge on any atom is -0.480 e. The standard InChI is InChI=1S/C13H21NO5/c1-18-7-4-14(9-11(15)16)12(17)10-8-13(10)2-5-19-6-3-13/h10H,2-9H2,1H3,(H,15,16)/t10-/m0/s1. The molecule has 2 fully saturated rings. The number of aliphatic carboxylic acids is 1. The lowest BCUT2D eigenvalue weighted by molar-refractivity contribution is -0.146. The lowest BCUT2D eigenvalue weighted by atomic mass is 9.93. The van der Waals surface area contributed by atoms with Gasteiger partial charge in [0.1, 0.15) is 6.54 Å². The zero-order valence-corrected chi connectivity index (χ0v) is 11.3. The molecule has 0 bridgehead atoms. The smallest absolute Gasteiger partial charge is 0.323 e. The summed E-state index contributed by atoms with van der Waals surface area (Å²) < 4.78 is 10.3. The van der Waals surface area contributed by atoms with Gasteiger partial charge in [0.2, 0.25) is 5.91 Å². The van der Waals surface area contributed by atoms with Crippen LogP contribution in [0.1, 0.15) is 19.3 Å². The molecule has 0 aromatic heterocycles. The Hall–Kier alpha value is -1.14. The highest BCUT2D eigenvalue weighted by molar-refractivity contribution is 5.86. The fraction of sp³-hybridized carbons (Fsp3) is 0.846. The first-order valence-electron chi connectivity index (χ1n) is 6.66. The Labute approximate surface area is 112 Å². The van der Waals surface area contributed by atoms with Crippen LogP contribution >= 0.6 is 0 Å². The van der Waals surface area contributed by atoms with Crippen molar-refractivity contribution >= 4 is 11.9 Å². The van der Waals surface area contributed by atoms with Gasteiger partial charge in [-0.15, -0.1) is 0 Å². The fourth-order valence-corrected chi connectivity index (χ4v) is 2.88. The number of hydrogen-bond donors (Lipinski definition) is 1. The van der Waals surface area contributed by atoms with Crippen molar-refractivity contribution in [1.29, 1.82) is 0 Å². The van der Waals surface area contributed by atoms with E-state index in [-0.39, 0.29) is 23.8 Å². The van der Waals surface area contributed by atoms with Crippen molar-refractivity contribution < 1.29 is 24.2 Å². The van der Waals surface area contributed by atoms with E-state index in [0.29, 0.717) is 26.4 Å². The normalized spacial score (nSPS) is 24.2. The van der Waals surface area contributed by atoms with Gasteiger partial charge in [0.15, 0.2) is 0 Å². The van der Waals surface area contributed by atoms with Crippen molar-refractivity contribution in [3.05, 3.63) is 0 Å². The number of nitrogens with zero attached hydrogens (tertiary/aromatic N) is 1. The molecule has 1 heterocycles. The van der Waals surface area contributed by atoms with Gasteiger partial charge in [0.05, 0.1) is 6.61 Å². The van der Waals surface area contributed by atoms with Gasteiger partial charge in [-0.3, -0.25) is 9.59 Å². The largest absolute Gasteiger partial charge is 0.480 e. The van der Waals surface area contributed by atoms with Crippen LogP contribution in [0, 0.1) is 11.3 Å². The first-order chi connectivity index (χ1) is 9.09. The van der Waals surface area contributed by atoms with Crippen molar-refractivity contribution in [3.63, 3.8) is 0 Å². The second kappa shape index (κ2) is 5.88. The van der Waals surface area contributed by atoms with Crippen LogP contribution in [-0.4, -0.2) is 61.9 Å². The third-order valence-corrected chi connectivity index (χ3v) is 4.18. The maximum absolute atomic E-state index is 12.4. The molecule has 1 N–H and O–H groups in total. The first-order valence-corrected chi connectivity index (χ1v) is 6.66. The zero-order valence-electron chi connectivity index (χ0n) is 11.3. The molecule has 0 radical (unpaired) electrons. The minimum atomic E-state index is -0.980. The number of carbonyl (C=O) groups excluding carboxylic acids is 1. The number of carboxylic acids is 1. The Kier molecular flexibility index (Phi) is 4.42. The Morgan fingerprint density at radius 3 is 2.68 bits per heavy atom. The van der Waals surface area contributed by atoms with E-state index in [0.717, 1.165) is 19.3 Å². The minimum absolute atomic E-state index is 0.0207. The van der Waals surface area contributed by atoms with Gasteiger partial charge in [-0.25, -0.2) is 0 Å². The highest BCUT2D eigenvalue weighted by Crippen LogP contribution is 2.59. The third-order valence-electron chi connectivity index (χ3n) is 4.18. The van der Waals surface area contributed by atoms with Crippen LogP contribution in [0.2, 0.25) is 0 Å². The Balaban J connectivity index is 1.93. The second-order valence-corrected chi connectivity index (χ2v) is 5.38. The molecule has 0 unspecified atom stereocenters. The monoisotopic (exact) mass is 271 g/mol. The zero-order chi connectivity index (χ0) is 13.9. The van der Waals surface area contributed by atoms with Gasteiger partial charge in [0, 0.05) is 32.8 Å². The Morgan fingerprint density at radius 2 is 2.11 bits per heavy atom. The number of hydrogen-bond acceptors (Lipinski definition) is 4. The summed E-state index contributed by atoms with van der Waals surface area (Å²) in [5, 5.41) is 8.88. The SMILES string of the molecule is COCCN(CC(=O)O)C(=O)[C@@H]1CC12CCOCC2. The second-order valence-electron chi connectivity index (χ2n) is 5.38. The first kappa shape index (κ1) is 14.3. The predicted molar refractivity (Wildman–Crippen MR) is 66.7 cm³/mol. The summed E-state index contributed by atoms with van der Waals surface area (Å²) >= 11 is 0. The summed E-state index contributed by atoms with van der Waals surface area (Å²) in [5.41, 5.74) is 0.0825. The van der Waals surface area contributed by atoms with Crippen LogP contribution in [0.25, 0.3) is 0 Å². The van der Waals surface area contributed by atoms with Crippen molar-refractivity contribution in [3.8, 4) is 0 Å². The third kappa shape index (κ3) is 3.25. The molecule has 108 valence electrons. The topological polar surface area (TPSA) is 76.1 Å². The molecule has 1 atom stereocenters. The summed E-state index contributed by atoms with van der Waals surface area (Å²) in [7, 11) is 1.54. The molecule has 2 aliphatic rings. The van der Waals surface area contributed by atoms with E-state index < -0.39 is 5.97 Å². The number of carbonyl (C=O) groups is 2. The Bertz CT molecular complexity index is 351. The van der Waals surface area contributed by atoms with Gasteiger partial charge in [-0.2, -0.15) is 0 Å². The van der Waals surface area contributed by atoms with Gasteiger partial charge < -0.3 is 19.5 Å². The summed E-state index contributed by atoms with van der Waals surface area (Å²) in [6, 6.07) is 0. The van der Waals surface area contributed by atoms with Crippen LogP contribution in [0.15, 0.2) is 0 Å². The molecular formula is C13H21NO5. The fourth-order valence-electron chi connectivity index (χ4n) is 2.88. The van der Waals surface area contributed by atoms with Crippen LogP contribution in [0.4, 0.5) is 0 Å². The molecule has 0 aromatic rings.